The van der Waals surface area contributed by atoms with Crippen molar-refractivity contribution in [2.75, 3.05) is 0 Å². The van der Waals surface area contributed by atoms with E-state index in [2.05, 4.69) is 26.8 Å². The summed E-state index contributed by atoms with van der Waals surface area (Å²) in [5, 5.41) is 0. The van der Waals surface area contributed by atoms with Crippen molar-refractivity contribution in [3.8, 4) is 0 Å². The maximum atomic E-state index is 11.9. The molecule has 2 aliphatic carbocycles. The standard InChI is InChI=1S/C14H22O/c1-4-11-13(15)8-7-12-10(2)6-5-9-14(11,12)3/h7,10-11H,4-6,8-9H2,1-3H3/t10?,11-,14?/m0/s1. The van der Waals surface area contributed by atoms with Gasteiger partial charge < -0.3 is 0 Å². The maximum Gasteiger partial charge on any atom is 0.140 e. The van der Waals surface area contributed by atoms with E-state index in [1.54, 1.807) is 5.57 Å². The first kappa shape index (κ1) is 10.9. The Morgan fingerprint density at radius 2 is 2.27 bits per heavy atom. The SMILES string of the molecule is CC[C@H]1C(=O)CC=C2C(C)CCCC21C. The van der Waals surface area contributed by atoms with Crippen molar-refractivity contribution in [3.05, 3.63) is 11.6 Å². The molecule has 0 aromatic heterocycles. The van der Waals surface area contributed by atoms with Gasteiger partial charge in [0.05, 0.1) is 0 Å². The van der Waals surface area contributed by atoms with Crippen molar-refractivity contribution in [2.24, 2.45) is 17.3 Å². The van der Waals surface area contributed by atoms with E-state index in [1.807, 2.05) is 0 Å². The van der Waals surface area contributed by atoms with Crippen molar-refractivity contribution < 1.29 is 4.79 Å². The molecule has 0 N–H and O–H groups in total. The van der Waals surface area contributed by atoms with Gasteiger partial charge in [-0.05, 0) is 30.6 Å². The van der Waals surface area contributed by atoms with E-state index in [0.29, 0.717) is 24.0 Å². The first-order valence-electron chi connectivity index (χ1n) is 6.33. The van der Waals surface area contributed by atoms with Gasteiger partial charge in [-0.3, -0.25) is 4.79 Å². The molecule has 3 atom stereocenters. The Morgan fingerprint density at radius 3 is 2.93 bits per heavy atom. The molecule has 2 unspecified atom stereocenters. The number of carbonyl (C=O) groups is 1. The number of rotatable bonds is 1. The largest absolute Gasteiger partial charge is 0.299 e. The van der Waals surface area contributed by atoms with Crippen molar-refractivity contribution in [3.63, 3.8) is 0 Å². The van der Waals surface area contributed by atoms with Crippen LogP contribution in [-0.4, -0.2) is 5.78 Å². The molecule has 1 nitrogen and oxygen atoms in total. The molecule has 1 saturated carbocycles. The number of allylic oxidation sites excluding steroid dienone is 2. The summed E-state index contributed by atoms with van der Waals surface area (Å²) in [7, 11) is 0. The molecule has 1 heteroatoms. The van der Waals surface area contributed by atoms with Crippen LogP contribution in [0.1, 0.15) is 52.9 Å². The van der Waals surface area contributed by atoms with E-state index < -0.39 is 0 Å². The van der Waals surface area contributed by atoms with Crippen LogP contribution in [0.25, 0.3) is 0 Å². The van der Waals surface area contributed by atoms with Gasteiger partial charge in [-0.1, -0.05) is 38.8 Å². The Kier molecular flexibility index (Phi) is 2.74. The molecule has 0 bridgehead atoms. The lowest BCUT2D eigenvalue weighted by molar-refractivity contribution is -0.126. The molecular formula is C14H22O. The zero-order chi connectivity index (χ0) is 11.1. The van der Waals surface area contributed by atoms with Crippen LogP contribution >= 0.6 is 0 Å². The highest BCUT2D eigenvalue weighted by molar-refractivity contribution is 5.85. The lowest BCUT2D eigenvalue weighted by atomic mass is 9.57. The van der Waals surface area contributed by atoms with E-state index in [9.17, 15) is 4.79 Å². The van der Waals surface area contributed by atoms with Gasteiger partial charge in [-0.2, -0.15) is 0 Å². The van der Waals surface area contributed by atoms with Crippen LogP contribution in [-0.2, 0) is 4.79 Å². The molecule has 0 amide bonds. The van der Waals surface area contributed by atoms with Crippen molar-refractivity contribution in [2.45, 2.75) is 52.9 Å². The van der Waals surface area contributed by atoms with Gasteiger partial charge >= 0.3 is 0 Å². The second kappa shape index (κ2) is 3.77. The predicted octanol–water partition coefficient (Wildman–Crippen LogP) is 3.74. The zero-order valence-corrected chi connectivity index (χ0v) is 10.2. The Labute approximate surface area is 92.9 Å². The van der Waals surface area contributed by atoms with Gasteiger partial charge in [0.1, 0.15) is 5.78 Å². The van der Waals surface area contributed by atoms with E-state index in [1.165, 1.54) is 19.3 Å². The fourth-order valence-electron chi connectivity index (χ4n) is 3.83. The molecular weight excluding hydrogens is 184 g/mol. The molecule has 0 saturated heterocycles. The molecule has 0 aliphatic heterocycles. The Bertz CT molecular complexity index is 302. The van der Waals surface area contributed by atoms with Gasteiger partial charge in [0.2, 0.25) is 0 Å². The number of ketones is 1. The van der Waals surface area contributed by atoms with Crippen LogP contribution in [0, 0.1) is 17.3 Å². The topological polar surface area (TPSA) is 17.1 Å². The third-order valence-electron chi connectivity index (χ3n) is 4.61. The van der Waals surface area contributed by atoms with Gasteiger partial charge in [0.25, 0.3) is 0 Å². The fourth-order valence-corrected chi connectivity index (χ4v) is 3.83. The third-order valence-corrected chi connectivity index (χ3v) is 4.61. The minimum atomic E-state index is 0.196. The molecule has 2 aliphatic rings. The molecule has 15 heavy (non-hydrogen) atoms. The third kappa shape index (κ3) is 1.56. The summed E-state index contributed by atoms with van der Waals surface area (Å²) >= 11 is 0. The summed E-state index contributed by atoms with van der Waals surface area (Å²) in [6, 6.07) is 0. The van der Waals surface area contributed by atoms with Crippen molar-refractivity contribution in [1.82, 2.24) is 0 Å². The first-order chi connectivity index (χ1) is 7.09. The van der Waals surface area contributed by atoms with Gasteiger partial charge in [-0.15, -0.1) is 0 Å². The lowest BCUT2D eigenvalue weighted by Gasteiger charge is -2.47. The highest BCUT2D eigenvalue weighted by atomic mass is 16.1. The number of hydrogen-bond donors (Lipinski definition) is 0. The quantitative estimate of drug-likeness (QED) is 0.597. The Morgan fingerprint density at radius 1 is 1.53 bits per heavy atom. The number of carbonyl (C=O) groups excluding carboxylic acids is 1. The average Bonchev–Trinajstić information content (AvgIpc) is 2.17. The summed E-state index contributed by atoms with van der Waals surface area (Å²) in [6.07, 6.45) is 7.75. The lowest BCUT2D eigenvalue weighted by Crippen LogP contribution is -2.41. The van der Waals surface area contributed by atoms with Crippen LogP contribution < -0.4 is 0 Å². The van der Waals surface area contributed by atoms with Crippen LogP contribution in [0.2, 0.25) is 0 Å². The normalized spacial score (nSPS) is 41.0. The maximum absolute atomic E-state index is 11.9. The summed E-state index contributed by atoms with van der Waals surface area (Å²) in [5.41, 5.74) is 1.78. The number of hydrogen-bond acceptors (Lipinski definition) is 1. The van der Waals surface area contributed by atoms with E-state index in [0.717, 1.165) is 6.42 Å². The molecule has 0 heterocycles. The van der Waals surface area contributed by atoms with Crippen molar-refractivity contribution >= 4 is 5.78 Å². The Hall–Kier alpha value is -0.590. The molecule has 0 aromatic rings. The zero-order valence-electron chi connectivity index (χ0n) is 10.2. The summed E-state index contributed by atoms with van der Waals surface area (Å²) in [4.78, 5) is 11.9. The minimum absolute atomic E-state index is 0.196. The van der Waals surface area contributed by atoms with Crippen molar-refractivity contribution in [1.29, 1.82) is 0 Å². The molecule has 0 aromatic carbocycles. The van der Waals surface area contributed by atoms with E-state index in [-0.39, 0.29) is 5.41 Å². The van der Waals surface area contributed by atoms with E-state index >= 15 is 0 Å². The highest BCUT2D eigenvalue weighted by Gasteiger charge is 2.45. The molecule has 2 rings (SSSR count). The van der Waals surface area contributed by atoms with Gasteiger partial charge in [0, 0.05) is 12.3 Å². The second-order valence-corrected chi connectivity index (χ2v) is 5.50. The number of fused-ring (bicyclic) bond motifs is 1. The average molecular weight is 206 g/mol. The fraction of sp³-hybridized carbons (Fsp3) is 0.786. The molecule has 1 fully saturated rings. The van der Waals surface area contributed by atoms with Crippen LogP contribution in [0.4, 0.5) is 0 Å². The van der Waals surface area contributed by atoms with Crippen LogP contribution in [0.15, 0.2) is 11.6 Å². The molecule has 84 valence electrons. The Balaban J connectivity index is 2.39. The summed E-state index contributed by atoms with van der Waals surface area (Å²) < 4.78 is 0. The number of Topliss-reactive ketones (excluding diaryl/α,β-unsaturated/α-hetero) is 1. The smallest absolute Gasteiger partial charge is 0.140 e. The monoisotopic (exact) mass is 206 g/mol. The molecule has 0 spiro atoms. The summed E-state index contributed by atoms with van der Waals surface area (Å²) in [5.74, 6) is 1.46. The summed E-state index contributed by atoms with van der Waals surface area (Å²) in [6.45, 7) is 6.81. The van der Waals surface area contributed by atoms with Gasteiger partial charge in [0.15, 0.2) is 0 Å². The molecule has 0 radical (unpaired) electrons. The van der Waals surface area contributed by atoms with Crippen LogP contribution in [0.5, 0.6) is 0 Å². The predicted molar refractivity (Wildman–Crippen MR) is 62.6 cm³/mol. The first-order valence-corrected chi connectivity index (χ1v) is 6.33. The van der Waals surface area contributed by atoms with Gasteiger partial charge in [-0.25, -0.2) is 0 Å². The highest BCUT2D eigenvalue weighted by Crippen LogP contribution is 2.52. The minimum Gasteiger partial charge on any atom is -0.299 e. The second-order valence-electron chi connectivity index (χ2n) is 5.50. The van der Waals surface area contributed by atoms with Crippen LogP contribution in [0.3, 0.4) is 0 Å². The van der Waals surface area contributed by atoms with E-state index in [4.69, 9.17) is 0 Å².